The van der Waals surface area contributed by atoms with Gasteiger partial charge in [-0.3, -0.25) is 9.36 Å². The maximum Gasteiger partial charge on any atom is 0.356 e. The van der Waals surface area contributed by atoms with Gasteiger partial charge in [-0.2, -0.15) is 0 Å². The highest BCUT2D eigenvalue weighted by molar-refractivity contribution is 8.00. The Hall–Kier alpha value is -3.46. The first-order chi connectivity index (χ1) is 18.6. The van der Waals surface area contributed by atoms with Gasteiger partial charge in [0.25, 0.3) is 0 Å². The molecule has 1 saturated heterocycles. The predicted molar refractivity (Wildman–Crippen MR) is 149 cm³/mol. The number of carbonyl (C=O) groups is 1. The van der Waals surface area contributed by atoms with Crippen molar-refractivity contribution < 1.29 is 33.7 Å². The molecule has 200 valence electrons. The summed E-state index contributed by atoms with van der Waals surface area (Å²) in [4.78, 5) is 33.6. The van der Waals surface area contributed by atoms with Crippen LogP contribution in [-0.2, 0) is 9.36 Å². The molecule has 10 heteroatoms. The lowest BCUT2D eigenvalue weighted by Gasteiger charge is -2.47. The Morgan fingerprint density at radius 2 is 1.54 bits per heavy atom. The van der Waals surface area contributed by atoms with E-state index in [1.54, 1.807) is 35.2 Å². The first kappa shape index (κ1) is 27.1. The third kappa shape index (κ3) is 5.64. The van der Waals surface area contributed by atoms with E-state index in [2.05, 4.69) is 0 Å². The number of aliphatic hydroxyl groups excluding tert-OH is 1. The van der Waals surface area contributed by atoms with Gasteiger partial charge in [-0.1, -0.05) is 54.6 Å². The maximum atomic E-state index is 13.3. The minimum atomic E-state index is -4.37. The highest BCUT2D eigenvalue weighted by Gasteiger charge is 2.50. The summed E-state index contributed by atoms with van der Waals surface area (Å²) in [5, 5.41) is 21.0. The van der Waals surface area contributed by atoms with Crippen molar-refractivity contribution in [2.75, 3.05) is 10.7 Å². The largest absolute Gasteiger partial charge is 0.508 e. The number of nitrogens with zero attached hydrogens (tertiary/aromatic N) is 1. The summed E-state index contributed by atoms with van der Waals surface area (Å²) in [5.41, 5.74) is 3.06. The van der Waals surface area contributed by atoms with Gasteiger partial charge in [-0.05, 0) is 59.2 Å². The summed E-state index contributed by atoms with van der Waals surface area (Å²) in [6.45, 7) is 0. The summed E-state index contributed by atoms with van der Waals surface area (Å²) in [5.74, 6) is -0.386. The normalized spacial score (nSPS) is 18.1. The molecule has 0 spiro atoms. The van der Waals surface area contributed by atoms with E-state index in [-0.39, 0.29) is 22.7 Å². The molecule has 0 radical (unpaired) electrons. The fourth-order valence-electron chi connectivity index (χ4n) is 4.60. The quantitative estimate of drug-likeness (QED) is 0.177. The highest BCUT2D eigenvalue weighted by Crippen LogP contribution is 2.48. The number of β-lactam (4-membered cyclic amide) rings is 1. The van der Waals surface area contributed by atoms with Crippen LogP contribution in [0.2, 0.25) is 0 Å². The van der Waals surface area contributed by atoms with Crippen molar-refractivity contribution in [3.05, 3.63) is 114 Å². The summed E-state index contributed by atoms with van der Waals surface area (Å²) >= 11 is 1.27. The summed E-state index contributed by atoms with van der Waals surface area (Å²) in [6, 6.07) is 25.1. The number of rotatable bonds is 8. The molecule has 0 aromatic heterocycles. The molecule has 1 fully saturated rings. The topological polar surface area (TPSA) is 118 Å². The van der Waals surface area contributed by atoms with Crippen molar-refractivity contribution in [1.82, 2.24) is 0 Å². The van der Waals surface area contributed by atoms with Crippen LogP contribution in [0.25, 0.3) is 11.1 Å². The smallest absolute Gasteiger partial charge is 0.356 e. The van der Waals surface area contributed by atoms with Crippen LogP contribution < -0.4 is 10.2 Å². The van der Waals surface area contributed by atoms with E-state index in [4.69, 9.17) is 0 Å². The highest BCUT2D eigenvalue weighted by atomic mass is 32.2. The maximum absolute atomic E-state index is 13.3. The number of hydrogen-bond acceptors (Lipinski definition) is 5. The minimum Gasteiger partial charge on any atom is -0.508 e. The van der Waals surface area contributed by atoms with Crippen molar-refractivity contribution >= 4 is 36.3 Å². The van der Waals surface area contributed by atoms with E-state index in [0.717, 1.165) is 0 Å². The third-order valence-corrected chi connectivity index (χ3v) is 8.95. The van der Waals surface area contributed by atoms with E-state index in [1.807, 2.05) is 30.3 Å². The first-order valence-corrected chi connectivity index (χ1v) is 14.7. The van der Waals surface area contributed by atoms with Gasteiger partial charge in [0, 0.05) is 17.0 Å². The Bertz CT molecular complexity index is 1530. The van der Waals surface area contributed by atoms with Gasteiger partial charge in [0.1, 0.15) is 16.8 Å². The number of hydrogen-bond donors (Lipinski definition) is 4. The van der Waals surface area contributed by atoms with Gasteiger partial charge in [0.05, 0.1) is 17.5 Å². The fourth-order valence-corrected chi connectivity index (χ4v) is 6.43. The number of carbonyl (C=O) groups excluding carboxylic acids is 1. The molecule has 1 heterocycles. The Labute approximate surface area is 228 Å². The van der Waals surface area contributed by atoms with Crippen LogP contribution in [0.5, 0.6) is 5.75 Å². The van der Waals surface area contributed by atoms with E-state index in [0.29, 0.717) is 27.9 Å². The number of amides is 1. The van der Waals surface area contributed by atoms with E-state index in [9.17, 15) is 33.7 Å². The van der Waals surface area contributed by atoms with Crippen molar-refractivity contribution in [3.63, 3.8) is 0 Å². The SMILES string of the molecule is O=C1[C@H](SC[C@H](O)c2ccc(F)cc2)C(c2ccc(-c3ccc(P(=O)(O)O)cc3)cc2O)N1c1ccccc1. The summed E-state index contributed by atoms with van der Waals surface area (Å²) in [6.07, 6.45) is -0.901. The first-order valence-electron chi connectivity index (χ1n) is 12.1. The third-order valence-electron chi connectivity index (χ3n) is 6.65. The van der Waals surface area contributed by atoms with Gasteiger partial charge in [-0.25, -0.2) is 4.39 Å². The Morgan fingerprint density at radius 3 is 2.15 bits per heavy atom. The molecule has 4 aromatic carbocycles. The van der Waals surface area contributed by atoms with E-state index in [1.165, 1.54) is 48.2 Å². The number of para-hydroxylation sites is 1. The van der Waals surface area contributed by atoms with Crippen molar-refractivity contribution in [3.8, 4) is 16.9 Å². The second-order valence-corrected chi connectivity index (χ2v) is 12.0. The van der Waals surface area contributed by atoms with Crippen molar-refractivity contribution in [2.45, 2.75) is 17.4 Å². The number of phenols is 1. The summed E-state index contributed by atoms with van der Waals surface area (Å²) in [7, 11) is -4.37. The van der Waals surface area contributed by atoms with Crippen LogP contribution in [0.1, 0.15) is 23.3 Å². The molecule has 5 rings (SSSR count). The molecule has 7 nitrogen and oxygen atoms in total. The monoisotopic (exact) mass is 565 g/mol. The van der Waals surface area contributed by atoms with Crippen molar-refractivity contribution in [2.24, 2.45) is 0 Å². The van der Waals surface area contributed by atoms with Crippen molar-refractivity contribution in [1.29, 1.82) is 0 Å². The lowest BCUT2D eigenvalue weighted by molar-refractivity contribution is -0.123. The zero-order chi connectivity index (χ0) is 27.7. The molecule has 1 amide bonds. The van der Waals surface area contributed by atoms with Crippen LogP contribution in [0, 0.1) is 5.82 Å². The molecular weight excluding hydrogens is 540 g/mol. The molecule has 3 atom stereocenters. The lowest BCUT2D eigenvalue weighted by Crippen LogP contribution is -2.57. The number of halogens is 1. The van der Waals surface area contributed by atoms with Gasteiger partial charge >= 0.3 is 7.60 Å². The average molecular weight is 566 g/mol. The van der Waals surface area contributed by atoms with Crippen LogP contribution >= 0.6 is 19.4 Å². The number of thioether (sulfide) groups is 1. The van der Waals surface area contributed by atoms with Gasteiger partial charge < -0.3 is 24.9 Å². The molecule has 0 aliphatic carbocycles. The second kappa shape index (κ2) is 11.0. The number of phenolic OH excluding ortho intramolecular Hbond substituents is 1. The van der Waals surface area contributed by atoms with Gasteiger partial charge in [0.15, 0.2) is 0 Å². The zero-order valence-electron chi connectivity index (χ0n) is 20.5. The number of benzene rings is 4. The Balaban J connectivity index is 1.42. The molecule has 1 aliphatic rings. The van der Waals surface area contributed by atoms with Crippen LogP contribution in [0.4, 0.5) is 10.1 Å². The Morgan fingerprint density at radius 1 is 0.897 bits per heavy atom. The molecular formula is C29H25FNO6PS. The molecule has 0 bridgehead atoms. The molecule has 4 aromatic rings. The molecule has 39 heavy (non-hydrogen) atoms. The number of aliphatic hydroxyl groups is 1. The van der Waals surface area contributed by atoms with Crippen LogP contribution in [-0.4, -0.2) is 36.9 Å². The standard InChI is InChI=1S/C29H25FNO6PS/c30-21-11-6-19(7-12-21)26(33)17-39-28-27(31(29(28)34)22-4-2-1-3-5-22)24-15-10-20(16-25(24)32)18-8-13-23(14-9-18)38(35,36)37/h1-16,26-28,32-33H,17H2,(H2,35,36,37)/t26-,27?,28+/m0/s1. The molecule has 0 saturated carbocycles. The average Bonchev–Trinajstić information content (AvgIpc) is 2.92. The molecule has 1 unspecified atom stereocenters. The molecule has 4 N–H and O–H groups in total. The lowest BCUT2D eigenvalue weighted by atomic mass is 9.90. The minimum absolute atomic E-state index is 0.0327. The van der Waals surface area contributed by atoms with Gasteiger partial charge in [-0.15, -0.1) is 11.8 Å². The number of aromatic hydroxyl groups is 1. The molecule has 1 aliphatic heterocycles. The van der Waals surface area contributed by atoms with Crippen LogP contribution in [0.3, 0.4) is 0 Å². The van der Waals surface area contributed by atoms with Gasteiger partial charge in [0.2, 0.25) is 5.91 Å². The van der Waals surface area contributed by atoms with E-state index >= 15 is 0 Å². The number of anilines is 1. The second-order valence-electron chi connectivity index (χ2n) is 9.17. The zero-order valence-corrected chi connectivity index (χ0v) is 22.2. The van der Waals surface area contributed by atoms with E-state index < -0.39 is 30.8 Å². The fraction of sp³-hybridized carbons (Fsp3) is 0.138. The Kier molecular flexibility index (Phi) is 7.62. The van der Waals surface area contributed by atoms with Crippen LogP contribution in [0.15, 0.2) is 97.1 Å². The summed E-state index contributed by atoms with van der Waals surface area (Å²) < 4.78 is 24.7. The predicted octanol–water partition coefficient (Wildman–Crippen LogP) is 4.92.